The van der Waals surface area contributed by atoms with Crippen LogP contribution in [0, 0.1) is 0 Å². The Labute approximate surface area is 140 Å². The summed E-state index contributed by atoms with van der Waals surface area (Å²) in [6.07, 6.45) is 1.45. The first kappa shape index (κ1) is 16.3. The largest absolute Gasteiger partial charge is 0.383 e. The van der Waals surface area contributed by atoms with Gasteiger partial charge in [-0.2, -0.15) is 8.42 Å². The normalized spacial score (nSPS) is 11.2. The van der Waals surface area contributed by atoms with Crippen LogP contribution in [0.3, 0.4) is 0 Å². The van der Waals surface area contributed by atoms with Crippen LogP contribution in [0.1, 0.15) is 6.92 Å². The molecule has 2 rings (SSSR count). The van der Waals surface area contributed by atoms with Gasteiger partial charge in [0.15, 0.2) is 5.03 Å². The standard InChI is InChI=1S/C13H13Br2N3O2S/c1-2-16-11-7-4-8-17-13(11)21(19,20)18-12-9(14)5-3-6-10(12)15/h3-8,16,18H,2H2,1H3. The SMILES string of the molecule is CCNc1cccnc1S(=O)(=O)Nc1c(Br)cccc1Br. The van der Waals surface area contributed by atoms with Crippen molar-refractivity contribution in [2.75, 3.05) is 16.6 Å². The minimum Gasteiger partial charge on any atom is -0.383 e. The molecule has 0 amide bonds. The lowest BCUT2D eigenvalue weighted by Crippen LogP contribution is -2.17. The van der Waals surface area contributed by atoms with E-state index in [1.54, 1.807) is 30.3 Å². The number of hydrogen-bond donors (Lipinski definition) is 2. The Morgan fingerprint density at radius 1 is 1.14 bits per heavy atom. The molecule has 0 radical (unpaired) electrons. The Morgan fingerprint density at radius 3 is 2.43 bits per heavy atom. The third kappa shape index (κ3) is 3.75. The molecule has 0 saturated carbocycles. The summed E-state index contributed by atoms with van der Waals surface area (Å²) in [6.45, 7) is 2.49. The summed E-state index contributed by atoms with van der Waals surface area (Å²) in [5.41, 5.74) is 0.904. The number of sulfonamides is 1. The number of benzene rings is 1. The molecule has 0 spiro atoms. The van der Waals surface area contributed by atoms with Crippen LogP contribution in [-0.2, 0) is 10.0 Å². The molecule has 2 aromatic rings. The molecule has 0 aliphatic rings. The molecular formula is C13H13Br2N3O2S. The minimum absolute atomic E-state index is 0.0329. The van der Waals surface area contributed by atoms with Gasteiger partial charge in [0.05, 0.1) is 11.4 Å². The van der Waals surface area contributed by atoms with E-state index in [0.717, 1.165) is 0 Å². The molecule has 0 fully saturated rings. The van der Waals surface area contributed by atoms with E-state index < -0.39 is 10.0 Å². The summed E-state index contributed by atoms with van der Waals surface area (Å²) in [7, 11) is -3.79. The van der Waals surface area contributed by atoms with Gasteiger partial charge in [0.2, 0.25) is 0 Å². The zero-order valence-corrected chi connectivity index (χ0v) is 15.1. The number of nitrogens with one attached hydrogen (secondary N) is 2. The van der Waals surface area contributed by atoms with Crippen LogP contribution >= 0.6 is 31.9 Å². The number of halogens is 2. The van der Waals surface area contributed by atoms with Crippen LogP contribution in [0.4, 0.5) is 11.4 Å². The van der Waals surface area contributed by atoms with Crippen molar-refractivity contribution in [3.8, 4) is 0 Å². The van der Waals surface area contributed by atoms with Crippen molar-refractivity contribution in [2.24, 2.45) is 0 Å². The molecule has 112 valence electrons. The van der Waals surface area contributed by atoms with E-state index in [1.165, 1.54) is 6.20 Å². The Bertz CT molecular complexity index is 731. The van der Waals surface area contributed by atoms with Crippen molar-refractivity contribution in [1.29, 1.82) is 0 Å². The molecule has 21 heavy (non-hydrogen) atoms. The maximum absolute atomic E-state index is 12.5. The lowest BCUT2D eigenvalue weighted by molar-refractivity contribution is 0.598. The molecule has 1 aromatic carbocycles. The zero-order valence-electron chi connectivity index (χ0n) is 11.1. The van der Waals surface area contributed by atoms with Crippen LogP contribution < -0.4 is 10.0 Å². The third-order valence-electron chi connectivity index (χ3n) is 2.59. The maximum Gasteiger partial charge on any atom is 0.281 e. The Balaban J connectivity index is 2.44. The highest BCUT2D eigenvalue weighted by Gasteiger charge is 2.22. The summed E-state index contributed by atoms with van der Waals surface area (Å²) in [6, 6.07) is 8.68. The minimum atomic E-state index is -3.79. The second-order valence-corrected chi connectivity index (χ2v) is 7.39. The smallest absolute Gasteiger partial charge is 0.281 e. The van der Waals surface area contributed by atoms with Crippen molar-refractivity contribution in [1.82, 2.24) is 4.98 Å². The fourth-order valence-corrected chi connectivity index (χ4v) is 4.38. The summed E-state index contributed by atoms with van der Waals surface area (Å²) in [5, 5.41) is 2.96. The van der Waals surface area contributed by atoms with Gasteiger partial charge >= 0.3 is 0 Å². The Hall–Kier alpha value is -1.12. The molecule has 0 saturated heterocycles. The molecule has 8 heteroatoms. The van der Waals surface area contributed by atoms with Crippen LogP contribution in [0.2, 0.25) is 0 Å². The molecular weight excluding hydrogens is 422 g/mol. The fraction of sp³-hybridized carbons (Fsp3) is 0.154. The van der Waals surface area contributed by atoms with Crippen molar-refractivity contribution in [3.05, 3.63) is 45.5 Å². The van der Waals surface area contributed by atoms with Crippen molar-refractivity contribution in [3.63, 3.8) is 0 Å². The topological polar surface area (TPSA) is 71.1 Å². The quantitative estimate of drug-likeness (QED) is 0.749. The first-order valence-corrected chi connectivity index (χ1v) is 9.18. The average molecular weight is 435 g/mol. The number of para-hydroxylation sites is 1. The fourth-order valence-electron chi connectivity index (χ4n) is 1.71. The van der Waals surface area contributed by atoms with Crippen molar-refractivity contribution < 1.29 is 8.42 Å². The highest BCUT2D eigenvalue weighted by molar-refractivity contribution is 9.11. The van der Waals surface area contributed by atoms with Crippen molar-refractivity contribution in [2.45, 2.75) is 11.9 Å². The van der Waals surface area contributed by atoms with Gasteiger partial charge in [0, 0.05) is 21.7 Å². The van der Waals surface area contributed by atoms with E-state index in [1.807, 2.05) is 6.92 Å². The van der Waals surface area contributed by atoms with E-state index >= 15 is 0 Å². The number of nitrogens with zero attached hydrogens (tertiary/aromatic N) is 1. The first-order valence-electron chi connectivity index (χ1n) is 6.11. The third-order valence-corrected chi connectivity index (χ3v) is 5.22. The summed E-state index contributed by atoms with van der Waals surface area (Å²) in [4.78, 5) is 3.98. The summed E-state index contributed by atoms with van der Waals surface area (Å²) in [5.74, 6) is 0. The number of anilines is 2. The van der Waals surface area contributed by atoms with E-state index in [9.17, 15) is 8.42 Å². The van der Waals surface area contributed by atoms with Gasteiger partial charge < -0.3 is 5.32 Å². The van der Waals surface area contributed by atoms with Crippen LogP contribution in [0.15, 0.2) is 50.5 Å². The molecule has 1 aromatic heterocycles. The van der Waals surface area contributed by atoms with E-state index in [-0.39, 0.29) is 5.03 Å². The van der Waals surface area contributed by atoms with Crippen LogP contribution in [0.25, 0.3) is 0 Å². The highest BCUT2D eigenvalue weighted by Crippen LogP contribution is 2.33. The van der Waals surface area contributed by atoms with Crippen molar-refractivity contribution >= 4 is 53.3 Å². The van der Waals surface area contributed by atoms with Crippen LogP contribution in [0.5, 0.6) is 0 Å². The second kappa shape index (κ2) is 6.76. The molecule has 2 N–H and O–H groups in total. The second-order valence-electron chi connectivity index (χ2n) is 4.09. The van der Waals surface area contributed by atoms with E-state index in [2.05, 4.69) is 46.9 Å². The average Bonchev–Trinajstić information content (AvgIpc) is 2.44. The molecule has 5 nitrogen and oxygen atoms in total. The Morgan fingerprint density at radius 2 is 1.81 bits per heavy atom. The lowest BCUT2D eigenvalue weighted by Gasteiger charge is -2.13. The summed E-state index contributed by atoms with van der Waals surface area (Å²) < 4.78 is 28.9. The van der Waals surface area contributed by atoms with Gasteiger partial charge in [0.1, 0.15) is 0 Å². The zero-order chi connectivity index (χ0) is 15.5. The Kier molecular flexibility index (Phi) is 5.23. The monoisotopic (exact) mass is 433 g/mol. The number of aromatic nitrogens is 1. The predicted molar refractivity (Wildman–Crippen MR) is 91.1 cm³/mol. The molecule has 0 aliphatic carbocycles. The lowest BCUT2D eigenvalue weighted by atomic mass is 10.3. The van der Waals surface area contributed by atoms with Gasteiger partial charge in [0.25, 0.3) is 10.0 Å². The highest BCUT2D eigenvalue weighted by atomic mass is 79.9. The van der Waals surface area contributed by atoms with Gasteiger partial charge in [-0.25, -0.2) is 4.98 Å². The predicted octanol–water partition coefficient (Wildman–Crippen LogP) is 3.84. The molecule has 0 atom stereocenters. The van der Waals surface area contributed by atoms with Gasteiger partial charge in [-0.05, 0) is 63.0 Å². The maximum atomic E-state index is 12.5. The number of hydrogen-bond acceptors (Lipinski definition) is 4. The molecule has 0 aliphatic heterocycles. The van der Waals surface area contributed by atoms with Gasteiger partial charge in [-0.1, -0.05) is 6.07 Å². The molecule has 0 unspecified atom stereocenters. The number of pyridine rings is 1. The van der Waals surface area contributed by atoms with E-state index in [0.29, 0.717) is 26.9 Å². The first-order chi connectivity index (χ1) is 9.95. The van der Waals surface area contributed by atoms with Gasteiger partial charge in [-0.3, -0.25) is 4.72 Å². The molecule has 0 bridgehead atoms. The summed E-state index contributed by atoms with van der Waals surface area (Å²) >= 11 is 6.66. The van der Waals surface area contributed by atoms with E-state index in [4.69, 9.17) is 0 Å². The van der Waals surface area contributed by atoms with Crippen LogP contribution in [-0.4, -0.2) is 19.9 Å². The number of rotatable bonds is 5. The van der Waals surface area contributed by atoms with Gasteiger partial charge in [-0.15, -0.1) is 0 Å². The molecule has 1 heterocycles.